The van der Waals surface area contributed by atoms with Crippen LogP contribution in [0, 0.1) is 23.7 Å². The van der Waals surface area contributed by atoms with Crippen molar-refractivity contribution in [1.29, 1.82) is 0 Å². The molecule has 49 heavy (non-hydrogen) atoms. The summed E-state index contributed by atoms with van der Waals surface area (Å²) in [5.74, 6) is -4.32. The van der Waals surface area contributed by atoms with E-state index in [1.807, 2.05) is 45.9 Å². The van der Waals surface area contributed by atoms with Gasteiger partial charge in [0.05, 0.1) is 24.7 Å². The van der Waals surface area contributed by atoms with Gasteiger partial charge in [0.2, 0.25) is 5.79 Å². The summed E-state index contributed by atoms with van der Waals surface area (Å²) < 4.78 is 37.6. The van der Waals surface area contributed by atoms with Crippen molar-refractivity contribution in [2.75, 3.05) is 13.7 Å². The number of rotatable bonds is 4. The molecule has 0 unspecified atom stereocenters. The molecule has 10 nitrogen and oxygen atoms in total. The van der Waals surface area contributed by atoms with Crippen molar-refractivity contribution in [2.24, 2.45) is 23.7 Å². The van der Waals surface area contributed by atoms with Gasteiger partial charge >= 0.3 is 11.9 Å². The maximum Gasteiger partial charge on any atom is 0.316 e. The topological polar surface area (TPSA) is 130 Å². The van der Waals surface area contributed by atoms with Crippen molar-refractivity contribution in [3.05, 3.63) is 58.7 Å². The number of aliphatic hydroxyl groups is 2. The molecule has 0 aromatic carbocycles. The molecular weight excluding hydrogens is 628 g/mol. The summed E-state index contributed by atoms with van der Waals surface area (Å²) in [6, 6.07) is 0. The lowest BCUT2D eigenvalue weighted by Gasteiger charge is -2.54. The van der Waals surface area contributed by atoms with Gasteiger partial charge in [0, 0.05) is 25.9 Å². The third-order valence-electron chi connectivity index (χ3n) is 11.0. The lowest BCUT2D eigenvalue weighted by atomic mass is 9.70. The van der Waals surface area contributed by atoms with E-state index in [9.17, 15) is 19.8 Å². The first kappa shape index (κ1) is 37.7. The molecule has 4 aliphatic heterocycles. The Morgan fingerprint density at radius 1 is 1.16 bits per heavy atom. The van der Waals surface area contributed by atoms with E-state index in [0.29, 0.717) is 18.4 Å². The Bertz CT molecular complexity index is 1410. The maximum absolute atomic E-state index is 14.3. The van der Waals surface area contributed by atoms with Gasteiger partial charge in [-0.3, -0.25) is 9.59 Å². The molecule has 3 fully saturated rings. The quantitative estimate of drug-likeness (QED) is 0.298. The number of ether oxygens (including phenoxy) is 6. The molecule has 0 aromatic rings. The zero-order chi connectivity index (χ0) is 35.8. The van der Waals surface area contributed by atoms with Gasteiger partial charge in [0.15, 0.2) is 0 Å². The molecule has 0 amide bonds. The predicted octanol–water partition coefficient (Wildman–Crippen LogP) is 5.28. The number of carbonyl (C=O) groups is 2. The smallest absolute Gasteiger partial charge is 0.316 e. The predicted molar refractivity (Wildman–Crippen MR) is 183 cm³/mol. The van der Waals surface area contributed by atoms with Crippen molar-refractivity contribution < 1.29 is 48.2 Å². The molecule has 0 radical (unpaired) electrons. The van der Waals surface area contributed by atoms with Crippen molar-refractivity contribution >= 4 is 11.9 Å². The van der Waals surface area contributed by atoms with E-state index < -0.39 is 77.9 Å². The minimum Gasteiger partial charge on any atom is -0.462 e. The molecule has 2 N–H and O–H groups in total. The Balaban J connectivity index is 1.58. The summed E-state index contributed by atoms with van der Waals surface area (Å²) in [6.45, 7) is 15.5. The Kier molecular flexibility index (Phi) is 11.5. The second-order valence-corrected chi connectivity index (χ2v) is 15.1. The van der Waals surface area contributed by atoms with Crippen LogP contribution in [0.15, 0.2) is 58.7 Å². The molecule has 10 heteroatoms. The highest BCUT2D eigenvalue weighted by molar-refractivity contribution is 5.78. The lowest BCUT2D eigenvalue weighted by molar-refractivity contribution is -0.380. The van der Waals surface area contributed by atoms with Crippen LogP contribution in [-0.2, 0) is 38.0 Å². The normalized spacial score (nSPS) is 44.6. The molecule has 0 aromatic heterocycles. The van der Waals surface area contributed by atoms with Crippen LogP contribution in [0.25, 0.3) is 0 Å². The fourth-order valence-electron chi connectivity index (χ4n) is 8.14. The van der Waals surface area contributed by atoms with Crippen LogP contribution < -0.4 is 0 Å². The molecule has 5 rings (SSSR count). The van der Waals surface area contributed by atoms with Gasteiger partial charge in [0.25, 0.3) is 0 Å². The van der Waals surface area contributed by atoms with Gasteiger partial charge in [-0.15, -0.1) is 0 Å². The molecule has 4 heterocycles. The summed E-state index contributed by atoms with van der Waals surface area (Å²) in [4.78, 5) is 27.2. The average molecular weight is 685 g/mol. The summed E-state index contributed by atoms with van der Waals surface area (Å²) in [7, 11) is 1.56. The first-order chi connectivity index (χ1) is 23.1. The van der Waals surface area contributed by atoms with Crippen LogP contribution in [-0.4, -0.2) is 90.0 Å². The van der Waals surface area contributed by atoms with E-state index in [0.717, 1.165) is 23.1 Å². The van der Waals surface area contributed by atoms with Crippen molar-refractivity contribution in [2.45, 2.75) is 135 Å². The maximum atomic E-state index is 14.3. The zero-order valence-electron chi connectivity index (χ0n) is 30.5. The number of hydrogen-bond donors (Lipinski definition) is 2. The fraction of sp³-hybridized carbons (Fsp3) is 0.692. The Morgan fingerprint density at radius 3 is 2.57 bits per heavy atom. The van der Waals surface area contributed by atoms with Gasteiger partial charge in [-0.25, -0.2) is 0 Å². The van der Waals surface area contributed by atoms with Crippen molar-refractivity contribution in [3.63, 3.8) is 0 Å². The molecular formula is C39H56O10. The van der Waals surface area contributed by atoms with Crippen molar-refractivity contribution in [3.8, 4) is 0 Å². The van der Waals surface area contributed by atoms with Gasteiger partial charge in [-0.1, -0.05) is 69.7 Å². The number of fused-ring (bicyclic) bond motifs is 2. The Labute approximate surface area is 291 Å². The highest BCUT2D eigenvalue weighted by atomic mass is 16.7. The zero-order valence-corrected chi connectivity index (χ0v) is 30.5. The third-order valence-corrected chi connectivity index (χ3v) is 11.0. The van der Waals surface area contributed by atoms with Crippen LogP contribution in [0.1, 0.15) is 81.1 Å². The van der Waals surface area contributed by atoms with E-state index in [2.05, 4.69) is 26.0 Å². The van der Waals surface area contributed by atoms with E-state index in [1.54, 1.807) is 27.0 Å². The summed E-state index contributed by atoms with van der Waals surface area (Å²) in [5, 5.41) is 24.5. The Hall–Kier alpha value is -2.60. The number of hydrogen-bond acceptors (Lipinski definition) is 10. The molecule has 0 saturated carbocycles. The average Bonchev–Trinajstić information content (AvgIpc) is 3.38. The summed E-state index contributed by atoms with van der Waals surface area (Å²) in [6.07, 6.45) is 7.91. The van der Waals surface area contributed by atoms with Gasteiger partial charge in [0.1, 0.15) is 42.0 Å². The van der Waals surface area contributed by atoms with Gasteiger partial charge in [-0.05, 0) is 63.2 Å². The van der Waals surface area contributed by atoms with Crippen LogP contribution in [0.3, 0.4) is 0 Å². The van der Waals surface area contributed by atoms with E-state index in [4.69, 9.17) is 28.4 Å². The molecule has 2 bridgehead atoms. The first-order valence-corrected chi connectivity index (χ1v) is 17.8. The van der Waals surface area contributed by atoms with Crippen LogP contribution in [0.2, 0.25) is 0 Å². The van der Waals surface area contributed by atoms with Crippen LogP contribution in [0.4, 0.5) is 0 Å². The van der Waals surface area contributed by atoms with Gasteiger partial charge in [-0.2, -0.15) is 0 Å². The van der Waals surface area contributed by atoms with Crippen molar-refractivity contribution in [1.82, 2.24) is 0 Å². The molecule has 272 valence electrons. The van der Waals surface area contributed by atoms with E-state index in [-0.39, 0.29) is 24.9 Å². The van der Waals surface area contributed by atoms with E-state index >= 15 is 0 Å². The summed E-state index contributed by atoms with van der Waals surface area (Å²) in [5.41, 5.74) is 1.72. The second-order valence-electron chi connectivity index (χ2n) is 15.1. The molecule has 1 spiro atoms. The number of methoxy groups -OCH3 is 1. The highest BCUT2D eigenvalue weighted by Gasteiger charge is 2.62. The molecule has 3 saturated heterocycles. The second kappa shape index (κ2) is 14.9. The van der Waals surface area contributed by atoms with Crippen LogP contribution in [0.5, 0.6) is 0 Å². The SMILES string of the molecule is C/C=C(\C)[C@H]1O[C@@]2(C[C@H]3C[C@@H](C/C=C(\C)C[C@@H](C)/C=C/C=C4\CO[C@@H]5[C@H](OC)C(C)=C[C@@H](C(=O)O3)[C@]45O)O2)[C@H](O)[C@@H](OC(=O)C(C)C)[C@@H]1C. The fourth-order valence-corrected chi connectivity index (χ4v) is 8.14. The Morgan fingerprint density at radius 2 is 1.90 bits per heavy atom. The highest BCUT2D eigenvalue weighted by Crippen LogP contribution is 2.48. The van der Waals surface area contributed by atoms with Gasteiger partial charge < -0.3 is 38.6 Å². The number of carbonyl (C=O) groups excluding carboxylic acids is 2. The first-order valence-electron chi connectivity index (χ1n) is 17.8. The monoisotopic (exact) mass is 684 g/mol. The van der Waals surface area contributed by atoms with Crippen LogP contribution >= 0.6 is 0 Å². The van der Waals surface area contributed by atoms with E-state index in [1.165, 1.54) is 0 Å². The third kappa shape index (κ3) is 7.28. The minimum atomic E-state index is -1.69. The lowest BCUT2D eigenvalue weighted by Crippen LogP contribution is -2.67. The molecule has 5 aliphatic rings. The number of esters is 2. The summed E-state index contributed by atoms with van der Waals surface area (Å²) >= 11 is 0. The largest absolute Gasteiger partial charge is 0.462 e. The number of aliphatic hydroxyl groups excluding tert-OH is 1. The minimum absolute atomic E-state index is 0.00594. The standard InChI is InChI=1S/C39H56O10/c1-10-24(6)31-26(8)33(47-36(41)21(2)3)34(40)38(49-31)19-29-18-28(48-38)15-14-23(5)16-22(4)12-11-13-27-20-45-35-32(44-9)25(7)17-30(37(42)46-29)39(27,35)43/h10-14,17,21-22,26,28-35,40,43H,15-16,18-20H2,1-9H3/b12-11+,23-14+,24-10+,27-13+/t22-,26+,28+,29+,30-,31+,32+,33-,34+,35+,38-,39+/m0/s1. The molecule has 1 aliphatic carbocycles. The number of allylic oxidation sites excluding steroid dienone is 5. The molecule has 12 atom stereocenters.